The van der Waals surface area contributed by atoms with Gasteiger partial charge in [-0.25, -0.2) is 0 Å². The van der Waals surface area contributed by atoms with Gasteiger partial charge in [0.2, 0.25) is 0 Å². The van der Waals surface area contributed by atoms with Crippen molar-refractivity contribution in [3.8, 4) is 6.07 Å². The molecule has 5 nitrogen and oxygen atoms in total. The third-order valence-corrected chi connectivity index (χ3v) is 3.75. The quantitative estimate of drug-likeness (QED) is 0.852. The SMILES string of the molecule is N#Cc1ccc(Cl)cc1NC(=O)COC(=O)Cc1cccs1. The van der Waals surface area contributed by atoms with E-state index in [0.717, 1.165) is 4.88 Å². The molecule has 7 heteroatoms. The highest BCUT2D eigenvalue weighted by atomic mass is 35.5. The maximum atomic E-state index is 11.8. The van der Waals surface area contributed by atoms with E-state index >= 15 is 0 Å². The lowest BCUT2D eigenvalue weighted by Gasteiger charge is -2.08. The Balaban J connectivity index is 1.87. The number of carbonyl (C=O) groups excluding carboxylic acids is 2. The number of amides is 1. The van der Waals surface area contributed by atoms with Gasteiger partial charge in [-0.05, 0) is 29.6 Å². The second-order valence-electron chi connectivity index (χ2n) is 4.27. The lowest BCUT2D eigenvalue weighted by Crippen LogP contribution is -2.22. The van der Waals surface area contributed by atoms with Crippen molar-refractivity contribution in [3.63, 3.8) is 0 Å². The van der Waals surface area contributed by atoms with Crippen LogP contribution in [0.25, 0.3) is 0 Å². The number of halogens is 1. The molecule has 0 bridgehead atoms. The second-order valence-corrected chi connectivity index (χ2v) is 5.74. The van der Waals surface area contributed by atoms with Crippen LogP contribution in [-0.4, -0.2) is 18.5 Å². The summed E-state index contributed by atoms with van der Waals surface area (Å²) in [5.41, 5.74) is 0.567. The van der Waals surface area contributed by atoms with Crippen LogP contribution in [0.3, 0.4) is 0 Å². The van der Waals surface area contributed by atoms with E-state index in [9.17, 15) is 9.59 Å². The number of thiophene rings is 1. The standard InChI is InChI=1S/C15H11ClN2O3S/c16-11-4-3-10(8-17)13(6-11)18-14(19)9-21-15(20)7-12-2-1-5-22-12/h1-6H,7,9H2,(H,18,19). The topological polar surface area (TPSA) is 79.2 Å². The van der Waals surface area contributed by atoms with Gasteiger partial charge in [0.05, 0.1) is 17.7 Å². The molecular weight excluding hydrogens is 324 g/mol. The smallest absolute Gasteiger partial charge is 0.311 e. The van der Waals surface area contributed by atoms with Crippen LogP contribution in [0.15, 0.2) is 35.7 Å². The van der Waals surface area contributed by atoms with Gasteiger partial charge in [0, 0.05) is 9.90 Å². The molecule has 0 aliphatic carbocycles. The molecule has 0 radical (unpaired) electrons. The lowest BCUT2D eigenvalue weighted by atomic mass is 10.2. The van der Waals surface area contributed by atoms with Gasteiger partial charge in [0.1, 0.15) is 6.07 Å². The van der Waals surface area contributed by atoms with E-state index in [4.69, 9.17) is 21.6 Å². The monoisotopic (exact) mass is 334 g/mol. The van der Waals surface area contributed by atoms with Crippen LogP contribution in [0.4, 0.5) is 5.69 Å². The third kappa shape index (κ3) is 4.58. The summed E-state index contributed by atoms with van der Waals surface area (Å²) in [6, 6.07) is 10.1. The molecule has 0 fully saturated rings. The first-order chi connectivity index (χ1) is 10.6. The van der Waals surface area contributed by atoms with Crippen molar-refractivity contribution in [2.45, 2.75) is 6.42 Å². The molecule has 0 saturated carbocycles. The number of rotatable bonds is 5. The lowest BCUT2D eigenvalue weighted by molar-refractivity contribution is -0.146. The summed E-state index contributed by atoms with van der Waals surface area (Å²) in [4.78, 5) is 24.2. The van der Waals surface area contributed by atoms with E-state index in [1.807, 2.05) is 23.6 Å². The molecule has 0 aliphatic heterocycles. The van der Waals surface area contributed by atoms with Crippen LogP contribution < -0.4 is 5.32 Å². The van der Waals surface area contributed by atoms with Gasteiger partial charge in [-0.15, -0.1) is 11.3 Å². The molecule has 1 amide bonds. The Labute approximate surface area is 136 Å². The molecule has 22 heavy (non-hydrogen) atoms. The minimum atomic E-state index is -0.529. The first kappa shape index (κ1) is 16.0. The predicted molar refractivity (Wildman–Crippen MR) is 83.8 cm³/mol. The zero-order valence-corrected chi connectivity index (χ0v) is 12.9. The van der Waals surface area contributed by atoms with Crippen molar-refractivity contribution in [1.82, 2.24) is 0 Å². The predicted octanol–water partition coefficient (Wildman–Crippen LogP) is 3.00. The average Bonchev–Trinajstić information content (AvgIpc) is 2.98. The number of nitrogens with one attached hydrogen (secondary N) is 1. The van der Waals surface area contributed by atoms with Gasteiger partial charge in [0.25, 0.3) is 5.91 Å². The van der Waals surface area contributed by atoms with Crippen LogP contribution in [0, 0.1) is 11.3 Å². The highest BCUT2D eigenvalue weighted by Crippen LogP contribution is 2.20. The van der Waals surface area contributed by atoms with Crippen LogP contribution in [0.5, 0.6) is 0 Å². The Kier molecular flexibility index (Phi) is 5.53. The maximum absolute atomic E-state index is 11.8. The minimum absolute atomic E-state index is 0.131. The molecule has 2 rings (SSSR count). The number of nitrogens with zero attached hydrogens (tertiary/aromatic N) is 1. The van der Waals surface area contributed by atoms with Gasteiger partial charge < -0.3 is 10.1 Å². The Morgan fingerprint density at radius 2 is 2.18 bits per heavy atom. The van der Waals surface area contributed by atoms with E-state index < -0.39 is 18.5 Å². The van der Waals surface area contributed by atoms with E-state index in [0.29, 0.717) is 5.02 Å². The van der Waals surface area contributed by atoms with Crippen molar-refractivity contribution in [2.75, 3.05) is 11.9 Å². The highest BCUT2D eigenvalue weighted by Gasteiger charge is 2.11. The molecule has 2 aromatic rings. The summed E-state index contributed by atoms with van der Waals surface area (Å²) >= 11 is 7.26. The molecule has 112 valence electrons. The normalized spacial score (nSPS) is 9.82. The molecular formula is C15H11ClN2O3S. The van der Waals surface area contributed by atoms with Crippen molar-refractivity contribution in [3.05, 3.63) is 51.2 Å². The Morgan fingerprint density at radius 3 is 2.86 bits per heavy atom. The Bertz CT molecular complexity index is 723. The van der Waals surface area contributed by atoms with E-state index in [2.05, 4.69) is 5.32 Å². The van der Waals surface area contributed by atoms with Crippen molar-refractivity contribution >= 4 is 40.5 Å². The number of nitriles is 1. The van der Waals surface area contributed by atoms with Gasteiger partial charge in [-0.2, -0.15) is 5.26 Å². The average molecular weight is 335 g/mol. The van der Waals surface area contributed by atoms with Crippen molar-refractivity contribution in [2.24, 2.45) is 0 Å². The highest BCUT2D eigenvalue weighted by molar-refractivity contribution is 7.10. The summed E-state index contributed by atoms with van der Waals surface area (Å²) in [6.45, 7) is -0.415. The number of hydrogen-bond acceptors (Lipinski definition) is 5. The van der Waals surface area contributed by atoms with Crippen molar-refractivity contribution in [1.29, 1.82) is 5.26 Å². The van der Waals surface area contributed by atoms with Crippen molar-refractivity contribution < 1.29 is 14.3 Å². The molecule has 0 unspecified atom stereocenters. The molecule has 0 aliphatic rings. The first-order valence-electron chi connectivity index (χ1n) is 6.26. The van der Waals surface area contributed by atoms with Gasteiger partial charge in [-0.1, -0.05) is 17.7 Å². The molecule has 1 N–H and O–H groups in total. The van der Waals surface area contributed by atoms with Gasteiger partial charge in [-0.3, -0.25) is 9.59 Å². The molecule has 1 aromatic heterocycles. The Hall–Kier alpha value is -2.36. The zero-order chi connectivity index (χ0) is 15.9. The fourth-order valence-corrected chi connectivity index (χ4v) is 2.52. The summed E-state index contributed by atoms with van der Waals surface area (Å²) in [7, 11) is 0. The third-order valence-electron chi connectivity index (χ3n) is 2.64. The number of esters is 1. The second kappa shape index (κ2) is 7.59. The minimum Gasteiger partial charge on any atom is -0.455 e. The molecule has 0 spiro atoms. The van der Waals surface area contributed by atoms with Crippen LogP contribution in [0.2, 0.25) is 5.02 Å². The van der Waals surface area contributed by atoms with Gasteiger partial charge >= 0.3 is 5.97 Å². The Morgan fingerprint density at radius 1 is 1.36 bits per heavy atom. The van der Waals surface area contributed by atoms with Crippen LogP contribution in [-0.2, 0) is 20.7 Å². The molecule has 0 atom stereocenters. The molecule has 0 saturated heterocycles. The fourth-order valence-electron chi connectivity index (χ4n) is 1.66. The zero-order valence-electron chi connectivity index (χ0n) is 11.3. The number of hydrogen-bond donors (Lipinski definition) is 1. The van der Waals surface area contributed by atoms with Crippen LogP contribution in [0.1, 0.15) is 10.4 Å². The summed E-state index contributed by atoms with van der Waals surface area (Å²) in [5, 5.41) is 13.7. The fraction of sp³-hybridized carbons (Fsp3) is 0.133. The van der Waals surface area contributed by atoms with Gasteiger partial charge in [0.15, 0.2) is 6.61 Å². The maximum Gasteiger partial charge on any atom is 0.311 e. The summed E-state index contributed by atoms with van der Waals surface area (Å²) < 4.78 is 4.89. The summed E-state index contributed by atoms with van der Waals surface area (Å²) in [5.74, 6) is -1.01. The summed E-state index contributed by atoms with van der Waals surface area (Å²) in [6.07, 6.45) is 0.131. The largest absolute Gasteiger partial charge is 0.455 e. The van der Waals surface area contributed by atoms with E-state index in [1.54, 1.807) is 6.07 Å². The number of carbonyl (C=O) groups is 2. The first-order valence-corrected chi connectivity index (χ1v) is 7.52. The van der Waals surface area contributed by atoms with Crippen LogP contribution >= 0.6 is 22.9 Å². The number of anilines is 1. The van der Waals surface area contributed by atoms with E-state index in [1.165, 1.54) is 23.5 Å². The van der Waals surface area contributed by atoms with E-state index in [-0.39, 0.29) is 17.7 Å². The molecule has 1 aromatic carbocycles. The number of ether oxygens (including phenoxy) is 1. The number of benzene rings is 1. The molecule has 1 heterocycles.